The minimum Gasteiger partial charge on any atom is -0.347 e. The summed E-state index contributed by atoms with van der Waals surface area (Å²) in [5.41, 5.74) is 8.22. The number of hydrogen-bond acceptors (Lipinski definition) is 3. The average molecular weight is 244 g/mol. The number of nitrogens with zero attached hydrogens (tertiary/aromatic N) is 1. The van der Waals surface area contributed by atoms with Gasteiger partial charge in [-0.2, -0.15) is 0 Å². The van der Waals surface area contributed by atoms with E-state index in [0.29, 0.717) is 18.8 Å². The molecule has 0 spiro atoms. The lowest BCUT2D eigenvalue weighted by Gasteiger charge is -2.05. The molecule has 0 unspecified atom stereocenters. The Hall–Kier alpha value is -2.14. The molecule has 1 heterocycles. The summed E-state index contributed by atoms with van der Waals surface area (Å²) in [6, 6.07) is 8.06. The smallest absolute Gasteiger partial charge is 0.269 e. The molecule has 0 atom stereocenters. The lowest BCUT2D eigenvalue weighted by atomic mass is 10.1. The topological polar surface area (TPSA) is 83.8 Å². The fraction of sp³-hybridized carbons (Fsp3) is 0.231. The van der Waals surface area contributed by atoms with Crippen molar-refractivity contribution in [2.45, 2.75) is 13.0 Å². The standard InChI is InChI=1S/C13H16N4O/c14-6-5-10-1-3-11(4-2-10)7-16-13(18)12-8-15-9-17-12/h1-4,8-9H,5-7,14H2,(H,15,17)(H,16,18). The van der Waals surface area contributed by atoms with Crippen molar-refractivity contribution in [3.8, 4) is 0 Å². The molecule has 0 aliphatic rings. The zero-order valence-electron chi connectivity index (χ0n) is 10.0. The molecule has 4 N–H and O–H groups in total. The largest absolute Gasteiger partial charge is 0.347 e. The van der Waals surface area contributed by atoms with Crippen molar-refractivity contribution >= 4 is 5.91 Å². The Morgan fingerprint density at radius 2 is 2.00 bits per heavy atom. The molecule has 0 aliphatic carbocycles. The highest BCUT2D eigenvalue weighted by molar-refractivity contribution is 5.91. The van der Waals surface area contributed by atoms with Crippen molar-refractivity contribution in [1.82, 2.24) is 15.3 Å². The summed E-state index contributed by atoms with van der Waals surface area (Å²) in [4.78, 5) is 18.2. The van der Waals surface area contributed by atoms with Crippen molar-refractivity contribution in [3.05, 3.63) is 53.6 Å². The van der Waals surface area contributed by atoms with Gasteiger partial charge < -0.3 is 16.0 Å². The van der Waals surface area contributed by atoms with Crippen LogP contribution >= 0.6 is 0 Å². The predicted molar refractivity (Wildman–Crippen MR) is 69.0 cm³/mol. The van der Waals surface area contributed by atoms with E-state index in [-0.39, 0.29) is 5.91 Å². The van der Waals surface area contributed by atoms with Gasteiger partial charge in [-0.25, -0.2) is 4.98 Å². The summed E-state index contributed by atoms with van der Waals surface area (Å²) < 4.78 is 0. The number of carbonyl (C=O) groups is 1. The Balaban J connectivity index is 1.88. The maximum Gasteiger partial charge on any atom is 0.269 e. The van der Waals surface area contributed by atoms with Crippen molar-refractivity contribution < 1.29 is 4.79 Å². The maximum atomic E-state index is 11.6. The van der Waals surface area contributed by atoms with E-state index in [4.69, 9.17) is 5.73 Å². The minimum absolute atomic E-state index is 0.154. The Morgan fingerprint density at radius 3 is 2.61 bits per heavy atom. The van der Waals surface area contributed by atoms with Gasteiger partial charge in [0.1, 0.15) is 5.69 Å². The van der Waals surface area contributed by atoms with E-state index in [1.807, 2.05) is 24.3 Å². The number of carbonyl (C=O) groups excluding carboxylic acids is 1. The number of aromatic amines is 1. The second kappa shape index (κ2) is 5.97. The number of rotatable bonds is 5. The van der Waals surface area contributed by atoms with Gasteiger partial charge in [-0.05, 0) is 24.1 Å². The number of imidazole rings is 1. The third kappa shape index (κ3) is 3.18. The second-order valence-corrected chi connectivity index (χ2v) is 4.00. The van der Waals surface area contributed by atoms with E-state index >= 15 is 0 Å². The van der Waals surface area contributed by atoms with Crippen LogP contribution in [0, 0.1) is 0 Å². The molecular weight excluding hydrogens is 228 g/mol. The lowest BCUT2D eigenvalue weighted by molar-refractivity contribution is 0.0946. The molecule has 0 bridgehead atoms. The maximum absolute atomic E-state index is 11.6. The van der Waals surface area contributed by atoms with E-state index in [1.165, 1.54) is 18.1 Å². The SMILES string of the molecule is NCCc1ccc(CNC(=O)c2cnc[nH]2)cc1. The van der Waals surface area contributed by atoms with Crippen molar-refractivity contribution in [2.24, 2.45) is 5.73 Å². The molecule has 5 nitrogen and oxygen atoms in total. The summed E-state index contributed by atoms with van der Waals surface area (Å²) in [5, 5.41) is 2.82. The molecule has 1 aromatic carbocycles. The van der Waals surface area contributed by atoms with Crippen LogP contribution in [0.3, 0.4) is 0 Å². The number of nitrogens with one attached hydrogen (secondary N) is 2. The fourth-order valence-corrected chi connectivity index (χ4v) is 1.65. The number of H-pyrrole nitrogens is 1. The van der Waals surface area contributed by atoms with Crippen LogP contribution in [-0.4, -0.2) is 22.4 Å². The van der Waals surface area contributed by atoms with E-state index in [9.17, 15) is 4.79 Å². The van der Waals surface area contributed by atoms with Gasteiger partial charge in [0.2, 0.25) is 0 Å². The summed E-state index contributed by atoms with van der Waals surface area (Å²) in [5.74, 6) is -0.154. The highest BCUT2D eigenvalue weighted by Crippen LogP contribution is 2.05. The average Bonchev–Trinajstić information content (AvgIpc) is 2.92. The molecule has 18 heavy (non-hydrogen) atoms. The molecule has 0 fully saturated rings. The first-order valence-electron chi connectivity index (χ1n) is 5.84. The van der Waals surface area contributed by atoms with E-state index < -0.39 is 0 Å². The number of benzene rings is 1. The van der Waals surface area contributed by atoms with Gasteiger partial charge in [0.15, 0.2) is 0 Å². The predicted octanol–water partition coefficient (Wildman–Crippen LogP) is 0.841. The Kier molecular flexibility index (Phi) is 4.09. The summed E-state index contributed by atoms with van der Waals surface area (Å²) in [6.45, 7) is 1.15. The van der Waals surface area contributed by atoms with Gasteiger partial charge >= 0.3 is 0 Å². The molecule has 1 amide bonds. The van der Waals surface area contributed by atoms with Gasteiger partial charge in [-0.1, -0.05) is 24.3 Å². The number of nitrogens with two attached hydrogens (primary N) is 1. The van der Waals surface area contributed by atoms with Crippen LogP contribution in [0.25, 0.3) is 0 Å². The van der Waals surface area contributed by atoms with Crippen LogP contribution in [0.1, 0.15) is 21.6 Å². The van der Waals surface area contributed by atoms with Gasteiger partial charge in [0.25, 0.3) is 5.91 Å². The molecule has 2 rings (SSSR count). The highest BCUT2D eigenvalue weighted by atomic mass is 16.1. The number of aromatic nitrogens is 2. The van der Waals surface area contributed by atoms with E-state index in [0.717, 1.165) is 12.0 Å². The molecular formula is C13H16N4O. The number of amides is 1. The first-order chi connectivity index (χ1) is 8.79. The fourth-order valence-electron chi connectivity index (χ4n) is 1.65. The molecule has 2 aromatic rings. The Bertz CT molecular complexity index is 490. The minimum atomic E-state index is -0.154. The first-order valence-corrected chi connectivity index (χ1v) is 5.84. The monoisotopic (exact) mass is 244 g/mol. The normalized spacial score (nSPS) is 10.3. The quantitative estimate of drug-likeness (QED) is 0.728. The molecule has 5 heteroatoms. The van der Waals surface area contributed by atoms with Crippen LogP contribution < -0.4 is 11.1 Å². The Labute approximate surface area is 105 Å². The number of hydrogen-bond donors (Lipinski definition) is 3. The van der Waals surface area contributed by atoms with Crippen molar-refractivity contribution in [1.29, 1.82) is 0 Å². The van der Waals surface area contributed by atoms with Crippen LogP contribution in [0.2, 0.25) is 0 Å². The van der Waals surface area contributed by atoms with Crippen LogP contribution in [-0.2, 0) is 13.0 Å². The van der Waals surface area contributed by atoms with Crippen molar-refractivity contribution in [2.75, 3.05) is 6.54 Å². The molecule has 1 aromatic heterocycles. The van der Waals surface area contributed by atoms with Crippen LogP contribution in [0.15, 0.2) is 36.8 Å². The van der Waals surface area contributed by atoms with Gasteiger partial charge in [-0.3, -0.25) is 4.79 Å². The summed E-state index contributed by atoms with van der Waals surface area (Å²) in [6.07, 6.45) is 3.86. The van der Waals surface area contributed by atoms with E-state index in [1.54, 1.807) is 0 Å². The lowest BCUT2D eigenvalue weighted by Crippen LogP contribution is -2.23. The molecule has 0 radical (unpaired) electrons. The first kappa shape index (κ1) is 12.3. The molecule has 94 valence electrons. The summed E-state index contributed by atoms with van der Waals surface area (Å²) in [7, 11) is 0. The molecule has 0 saturated carbocycles. The Morgan fingerprint density at radius 1 is 1.28 bits per heavy atom. The van der Waals surface area contributed by atoms with Gasteiger partial charge in [-0.15, -0.1) is 0 Å². The second-order valence-electron chi connectivity index (χ2n) is 4.00. The third-order valence-corrected chi connectivity index (χ3v) is 2.65. The van der Waals surface area contributed by atoms with Gasteiger partial charge in [0.05, 0.1) is 12.5 Å². The van der Waals surface area contributed by atoms with Crippen LogP contribution in [0.4, 0.5) is 0 Å². The van der Waals surface area contributed by atoms with Gasteiger partial charge in [0, 0.05) is 6.54 Å². The molecule has 0 saturated heterocycles. The zero-order chi connectivity index (χ0) is 12.8. The highest BCUT2D eigenvalue weighted by Gasteiger charge is 2.05. The summed E-state index contributed by atoms with van der Waals surface area (Å²) >= 11 is 0. The third-order valence-electron chi connectivity index (χ3n) is 2.65. The zero-order valence-corrected chi connectivity index (χ0v) is 10.0. The van der Waals surface area contributed by atoms with E-state index in [2.05, 4.69) is 15.3 Å². The van der Waals surface area contributed by atoms with Crippen LogP contribution in [0.5, 0.6) is 0 Å². The van der Waals surface area contributed by atoms with Crippen molar-refractivity contribution in [3.63, 3.8) is 0 Å². The molecule has 0 aliphatic heterocycles.